The molecule has 2 N–H and O–H groups in total. The van der Waals surface area contributed by atoms with E-state index in [1.54, 1.807) is 24.4 Å². The van der Waals surface area contributed by atoms with Gasteiger partial charge in [-0.1, -0.05) is 30.0 Å². The first-order valence-corrected chi connectivity index (χ1v) is 9.43. The molecule has 0 saturated heterocycles. The van der Waals surface area contributed by atoms with Crippen LogP contribution in [-0.2, 0) is 4.79 Å². The molecule has 8 heteroatoms. The summed E-state index contributed by atoms with van der Waals surface area (Å²) in [6.45, 7) is -0.00751. The quantitative estimate of drug-likeness (QED) is 0.679. The number of aromatic nitrogens is 2. The highest BCUT2D eigenvalue weighted by molar-refractivity contribution is 7.98. The fourth-order valence-electron chi connectivity index (χ4n) is 2.82. The Hall–Kier alpha value is -3.26. The smallest absolute Gasteiger partial charge is 0.274 e. The number of para-hydroxylation sites is 1. The van der Waals surface area contributed by atoms with Crippen molar-refractivity contribution in [3.05, 3.63) is 60.4 Å². The van der Waals surface area contributed by atoms with Crippen LogP contribution in [0.25, 0.3) is 5.69 Å². The number of imidazole rings is 1. The number of nitrogens with one attached hydrogen (secondary N) is 2. The highest BCUT2D eigenvalue weighted by atomic mass is 32.2. The third-order valence-electron chi connectivity index (χ3n) is 4.03. The Balaban J connectivity index is 1.64. The molecule has 1 aliphatic heterocycles. The summed E-state index contributed by atoms with van der Waals surface area (Å²) in [6, 6.07) is 14.7. The van der Waals surface area contributed by atoms with E-state index < -0.39 is 0 Å². The molecule has 4 rings (SSSR count). The Labute approximate surface area is 159 Å². The lowest BCUT2D eigenvalue weighted by atomic mass is 10.2. The van der Waals surface area contributed by atoms with Crippen molar-refractivity contribution in [3.8, 4) is 11.4 Å². The van der Waals surface area contributed by atoms with E-state index in [4.69, 9.17) is 4.74 Å². The van der Waals surface area contributed by atoms with Crippen LogP contribution in [-0.4, -0.2) is 34.2 Å². The normalized spacial score (nSPS) is 12.7. The predicted molar refractivity (Wildman–Crippen MR) is 104 cm³/mol. The first kappa shape index (κ1) is 17.2. The number of thioether (sulfide) groups is 1. The summed E-state index contributed by atoms with van der Waals surface area (Å²) in [5.41, 5.74) is 2.36. The summed E-state index contributed by atoms with van der Waals surface area (Å²) in [5, 5.41) is 6.30. The molecule has 7 nitrogen and oxygen atoms in total. The van der Waals surface area contributed by atoms with Crippen molar-refractivity contribution >= 4 is 35.0 Å². The monoisotopic (exact) mass is 380 g/mol. The minimum Gasteiger partial charge on any atom is -0.482 e. The van der Waals surface area contributed by atoms with Gasteiger partial charge in [-0.25, -0.2) is 4.98 Å². The Morgan fingerprint density at radius 1 is 1.26 bits per heavy atom. The summed E-state index contributed by atoms with van der Waals surface area (Å²) < 4.78 is 7.14. The van der Waals surface area contributed by atoms with Gasteiger partial charge in [0.2, 0.25) is 0 Å². The number of hydrogen-bond acceptors (Lipinski definition) is 5. The Morgan fingerprint density at radius 2 is 2.07 bits per heavy atom. The van der Waals surface area contributed by atoms with Crippen molar-refractivity contribution in [1.29, 1.82) is 0 Å². The van der Waals surface area contributed by atoms with Crippen LogP contribution in [0.4, 0.5) is 11.4 Å². The Kier molecular flexibility index (Phi) is 4.55. The molecule has 2 heterocycles. The van der Waals surface area contributed by atoms with Gasteiger partial charge in [0.25, 0.3) is 11.8 Å². The van der Waals surface area contributed by atoms with E-state index in [1.165, 1.54) is 11.8 Å². The fourth-order valence-corrected chi connectivity index (χ4v) is 3.37. The molecule has 3 aromatic rings. The largest absolute Gasteiger partial charge is 0.482 e. The van der Waals surface area contributed by atoms with Crippen LogP contribution >= 0.6 is 11.8 Å². The van der Waals surface area contributed by atoms with E-state index in [0.717, 1.165) is 10.8 Å². The number of hydrogen-bond donors (Lipinski definition) is 2. The third kappa shape index (κ3) is 3.39. The van der Waals surface area contributed by atoms with Gasteiger partial charge in [0.15, 0.2) is 11.8 Å². The average Bonchev–Trinajstić information content (AvgIpc) is 3.12. The lowest BCUT2D eigenvalue weighted by Crippen LogP contribution is -2.25. The maximum absolute atomic E-state index is 12.9. The van der Waals surface area contributed by atoms with E-state index in [2.05, 4.69) is 15.6 Å². The maximum atomic E-state index is 12.9. The van der Waals surface area contributed by atoms with Gasteiger partial charge in [0, 0.05) is 11.4 Å². The molecular weight excluding hydrogens is 364 g/mol. The van der Waals surface area contributed by atoms with Crippen LogP contribution in [0.15, 0.2) is 59.9 Å². The van der Waals surface area contributed by atoms with Crippen LogP contribution in [0.3, 0.4) is 0 Å². The molecule has 27 heavy (non-hydrogen) atoms. The second-order valence-corrected chi connectivity index (χ2v) is 6.58. The zero-order valence-electron chi connectivity index (χ0n) is 14.4. The van der Waals surface area contributed by atoms with Gasteiger partial charge in [-0.3, -0.25) is 14.2 Å². The van der Waals surface area contributed by atoms with E-state index in [1.807, 2.05) is 41.2 Å². The van der Waals surface area contributed by atoms with E-state index in [0.29, 0.717) is 22.8 Å². The number of ether oxygens (including phenoxy) is 1. The van der Waals surface area contributed by atoms with Gasteiger partial charge in [0.05, 0.1) is 11.9 Å². The molecule has 0 radical (unpaired) electrons. The predicted octanol–water partition coefficient (Wildman–Crippen LogP) is 3.18. The molecule has 1 aliphatic rings. The number of carbonyl (C=O) groups excluding carboxylic acids is 2. The number of carbonyl (C=O) groups is 2. The summed E-state index contributed by atoms with van der Waals surface area (Å²) in [4.78, 5) is 28.7. The molecule has 0 aliphatic carbocycles. The molecule has 0 spiro atoms. The maximum Gasteiger partial charge on any atom is 0.274 e. The number of fused-ring (bicyclic) bond motifs is 1. The van der Waals surface area contributed by atoms with Gasteiger partial charge < -0.3 is 15.4 Å². The number of rotatable bonds is 4. The zero-order valence-corrected chi connectivity index (χ0v) is 15.2. The molecule has 136 valence electrons. The second-order valence-electron chi connectivity index (χ2n) is 5.80. The summed E-state index contributed by atoms with van der Waals surface area (Å²) >= 11 is 1.46. The second kappa shape index (κ2) is 7.16. The van der Waals surface area contributed by atoms with Gasteiger partial charge in [-0.2, -0.15) is 0 Å². The van der Waals surface area contributed by atoms with Gasteiger partial charge >= 0.3 is 0 Å². The Morgan fingerprint density at radius 3 is 2.85 bits per heavy atom. The first-order valence-electron chi connectivity index (χ1n) is 8.21. The third-order valence-corrected chi connectivity index (χ3v) is 4.68. The first-order chi connectivity index (χ1) is 13.2. The van der Waals surface area contributed by atoms with Crippen LogP contribution in [0.5, 0.6) is 5.75 Å². The van der Waals surface area contributed by atoms with Crippen molar-refractivity contribution in [1.82, 2.24) is 9.55 Å². The van der Waals surface area contributed by atoms with Crippen LogP contribution in [0.1, 0.15) is 10.5 Å². The van der Waals surface area contributed by atoms with Gasteiger partial charge in [0.1, 0.15) is 11.4 Å². The van der Waals surface area contributed by atoms with Crippen molar-refractivity contribution in [2.75, 3.05) is 23.5 Å². The molecular formula is C19H16N4O3S. The van der Waals surface area contributed by atoms with Crippen LogP contribution in [0, 0.1) is 0 Å². The highest BCUT2D eigenvalue weighted by Gasteiger charge is 2.20. The summed E-state index contributed by atoms with van der Waals surface area (Å²) in [5.74, 6) is 0.0546. The number of anilines is 2. The van der Waals surface area contributed by atoms with Crippen molar-refractivity contribution in [3.63, 3.8) is 0 Å². The standard InChI is InChI=1S/C19H16N4O3S/c1-27-19-20-10-15(23(19)13-5-3-2-4-6-13)18(25)21-12-7-8-16-14(9-12)22-17(24)11-26-16/h2-10H,11H2,1H3,(H,21,25)(H,22,24). The number of nitrogens with zero attached hydrogens (tertiary/aromatic N) is 2. The molecule has 1 aromatic heterocycles. The molecule has 2 amide bonds. The molecule has 0 unspecified atom stereocenters. The lowest BCUT2D eigenvalue weighted by Gasteiger charge is -2.18. The molecule has 0 saturated carbocycles. The zero-order chi connectivity index (χ0) is 18.8. The SMILES string of the molecule is CSc1ncc(C(=O)Nc2ccc3c(c2)NC(=O)CO3)n1-c1ccccc1. The fraction of sp³-hybridized carbons (Fsp3) is 0.105. The van der Waals surface area contributed by atoms with Crippen molar-refractivity contribution in [2.45, 2.75) is 5.16 Å². The van der Waals surface area contributed by atoms with Crippen LogP contribution in [0.2, 0.25) is 0 Å². The topological polar surface area (TPSA) is 85.2 Å². The number of benzene rings is 2. The Bertz CT molecular complexity index is 1020. The van der Waals surface area contributed by atoms with E-state index >= 15 is 0 Å². The lowest BCUT2D eigenvalue weighted by molar-refractivity contribution is -0.118. The van der Waals surface area contributed by atoms with Crippen LogP contribution < -0.4 is 15.4 Å². The minimum absolute atomic E-state index is 0.00751. The molecule has 2 aromatic carbocycles. The van der Waals surface area contributed by atoms with Crippen molar-refractivity contribution < 1.29 is 14.3 Å². The van der Waals surface area contributed by atoms with E-state index in [-0.39, 0.29) is 18.4 Å². The molecule has 0 bridgehead atoms. The number of amides is 2. The average molecular weight is 380 g/mol. The summed E-state index contributed by atoms with van der Waals surface area (Å²) in [6.07, 6.45) is 3.47. The molecule has 0 atom stereocenters. The molecule has 0 fully saturated rings. The summed E-state index contributed by atoms with van der Waals surface area (Å²) in [7, 11) is 0. The van der Waals surface area contributed by atoms with Gasteiger partial charge in [-0.05, 0) is 36.6 Å². The van der Waals surface area contributed by atoms with Crippen molar-refractivity contribution in [2.24, 2.45) is 0 Å². The minimum atomic E-state index is -0.297. The van der Waals surface area contributed by atoms with Gasteiger partial charge in [-0.15, -0.1) is 0 Å². The van der Waals surface area contributed by atoms with E-state index in [9.17, 15) is 9.59 Å². The highest BCUT2D eigenvalue weighted by Crippen LogP contribution is 2.31.